The number of nitrogens with two attached hydrogens (primary N) is 1. The zero-order chi connectivity index (χ0) is 17.4. The standard InChI is InChI=1S/C18H19N5O2/c1-25-12-9-14(15(19)24)23(10-12)18-13-7-8-20-17(13)21-16(22-18)11-5-3-2-4-6-11/h2-8,12,14H,9-10H2,1H3,(H2,19,24)(H,20,21,22)/t12-,14+/m1/s1. The van der Waals surface area contributed by atoms with E-state index in [0.29, 0.717) is 24.6 Å². The molecule has 3 N–H and O–H groups in total. The van der Waals surface area contributed by atoms with E-state index in [1.54, 1.807) is 7.11 Å². The van der Waals surface area contributed by atoms with Crippen LogP contribution in [0.4, 0.5) is 5.82 Å². The van der Waals surface area contributed by atoms with Gasteiger partial charge in [-0.05, 0) is 6.07 Å². The van der Waals surface area contributed by atoms with Gasteiger partial charge in [-0.3, -0.25) is 4.79 Å². The van der Waals surface area contributed by atoms with Crippen molar-refractivity contribution >= 4 is 22.8 Å². The fourth-order valence-corrected chi connectivity index (χ4v) is 3.33. The lowest BCUT2D eigenvalue weighted by molar-refractivity contribution is -0.119. The maximum Gasteiger partial charge on any atom is 0.240 e. The average Bonchev–Trinajstić information content (AvgIpc) is 3.28. The highest BCUT2D eigenvalue weighted by atomic mass is 16.5. The van der Waals surface area contributed by atoms with Gasteiger partial charge in [0.05, 0.1) is 11.5 Å². The number of amides is 1. The fraction of sp³-hybridized carbons (Fsp3) is 0.278. The molecule has 0 spiro atoms. The van der Waals surface area contributed by atoms with E-state index in [9.17, 15) is 4.79 Å². The van der Waals surface area contributed by atoms with Crippen molar-refractivity contribution in [1.82, 2.24) is 15.0 Å². The Morgan fingerprint density at radius 1 is 1.28 bits per heavy atom. The Morgan fingerprint density at radius 2 is 2.08 bits per heavy atom. The van der Waals surface area contributed by atoms with Crippen LogP contribution in [0.15, 0.2) is 42.6 Å². The van der Waals surface area contributed by atoms with Crippen molar-refractivity contribution in [2.75, 3.05) is 18.6 Å². The van der Waals surface area contributed by atoms with Gasteiger partial charge >= 0.3 is 0 Å². The monoisotopic (exact) mass is 337 g/mol. The molecule has 7 nitrogen and oxygen atoms in total. The molecule has 0 radical (unpaired) electrons. The van der Waals surface area contributed by atoms with E-state index in [1.165, 1.54) is 0 Å². The van der Waals surface area contributed by atoms with Crippen LogP contribution in [-0.2, 0) is 9.53 Å². The lowest BCUT2D eigenvalue weighted by Gasteiger charge is -2.24. The second-order valence-electron chi connectivity index (χ2n) is 6.14. The summed E-state index contributed by atoms with van der Waals surface area (Å²) in [7, 11) is 1.65. The number of nitrogens with zero attached hydrogens (tertiary/aromatic N) is 3. The Labute approximate surface area is 144 Å². The lowest BCUT2D eigenvalue weighted by atomic mass is 10.2. The molecule has 3 aromatic rings. The summed E-state index contributed by atoms with van der Waals surface area (Å²) in [5.74, 6) is 0.936. The van der Waals surface area contributed by atoms with Crippen LogP contribution >= 0.6 is 0 Å². The van der Waals surface area contributed by atoms with Gasteiger partial charge in [0.25, 0.3) is 0 Å². The number of hydrogen-bond acceptors (Lipinski definition) is 5. The number of hydrogen-bond donors (Lipinski definition) is 2. The predicted molar refractivity (Wildman–Crippen MR) is 95.1 cm³/mol. The summed E-state index contributed by atoms with van der Waals surface area (Å²) >= 11 is 0. The predicted octanol–water partition coefficient (Wildman–Crippen LogP) is 1.70. The molecule has 25 heavy (non-hydrogen) atoms. The molecule has 0 bridgehead atoms. The zero-order valence-electron chi connectivity index (χ0n) is 13.8. The van der Waals surface area contributed by atoms with E-state index in [1.807, 2.05) is 47.5 Å². The van der Waals surface area contributed by atoms with Crippen molar-refractivity contribution in [3.8, 4) is 11.4 Å². The van der Waals surface area contributed by atoms with Gasteiger partial charge in [0, 0.05) is 31.8 Å². The van der Waals surface area contributed by atoms with E-state index in [0.717, 1.165) is 16.6 Å². The van der Waals surface area contributed by atoms with E-state index >= 15 is 0 Å². The van der Waals surface area contributed by atoms with Crippen molar-refractivity contribution in [1.29, 1.82) is 0 Å². The molecule has 1 aromatic carbocycles. The highest BCUT2D eigenvalue weighted by Gasteiger charge is 2.37. The smallest absolute Gasteiger partial charge is 0.240 e. The van der Waals surface area contributed by atoms with E-state index in [-0.39, 0.29) is 12.0 Å². The zero-order valence-corrected chi connectivity index (χ0v) is 13.8. The van der Waals surface area contributed by atoms with Gasteiger partial charge in [-0.1, -0.05) is 30.3 Å². The minimum atomic E-state index is -0.443. The summed E-state index contributed by atoms with van der Waals surface area (Å²) in [5.41, 5.74) is 7.27. The van der Waals surface area contributed by atoms with Gasteiger partial charge in [-0.15, -0.1) is 0 Å². The Bertz CT molecular complexity index is 908. The summed E-state index contributed by atoms with van der Waals surface area (Å²) in [6.07, 6.45) is 2.32. The molecule has 1 fully saturated rings. The third-order valence-electron chi connectivity index (χ3n) is 4.62. The second kappa shape index (κ2) is 6.18. The minimum Gasteiger partial charge on any atom is -0.380 e. The first kappa shape index (κ1) is 15.6. The molecular weight excluding hydrogens is 318 g/mol. The van der Waals surface area contributed by atoms with Crippen molar-refractivity contribution in [3.05, 3.63) is 42.6 Å². The van der Waals surface area contributed by atoms with Crippen molar-refractivity contribution < 1.29 is 9.53 Å². The second-order valence-corrected chi connectivity index (χ2v) is 6.14. The molecule has 7 heteroatoms. The number of carbonyl (C=O) groups excluding carboxylic acids is 1. The fourth-order valence-electron chi connectivity index (χ4n) is 3.33. The van der Waals surface area contributed by atoms with E-state index in [2.05, 4.69) is 9.97 Å². The van der Waals surface area contributed by atoms with Crippen molar-refractivity contribution in [2.24, 2.45) is 5.73 Å². The Morgan fingerprint density at radius 3 is 2.80 bits per heavy atom. The normalized spacial score (nSPS) is 20.3. The van der Waals surface area contributed by atoms with Crippen LogP contribution in [0.3, 0.4) is 0 Å². The lowest BCUT2D eigenvalue weighted by Crippen LogP contribution is -2.41. The average molecular weight is 337 g/mol. The SMILES string of the molecule is CO[C@@H]1C[C@@H](C(N)=O)N(c2nc(-c3ccccc3)nc3[nH]ccc23)C1. The molecule has 1 saturated heterocycles. The molecule has 0 unspecified atom stereocenters. The van der Waals surface area contributed by atoms with Crippen LogP contribution in [0.5, 0.6) is 0 Å². The highest BCUT2D eigenvalue weighted by Crippen LogP contribution is 2.32. The van der Waals surface area contributed by atoms with Gasteiger partial charge in [-0.2, -0.15) is 0 Å². The number of aromatic nitrogens is 3. The first-order valence-electron chi connectivity index (χ1n) is 8.16. The summed E-state index contributed by atoms with van der Waals surface area (Å²) < 4.78 is 5.45. The van der Waals surface area contributed by atoms with Crippen LogP contribution in [0, 0.1) is 0 Å². The number of rotatable bonds is 4. The highest BCUT2D eigenvalue weighted by molar-refractivity contribution is 5.93. The molecule has 1 aliphatic heterocycles. The number of aromatic amines is 1. The van der Waals surface area contributed by atoms with Crippen molar-refractivity contribution in [2.45, 2.75) is 18.6 Å². The molecule has 1 aliphatic rings. The van der Waals surface area contributed by atoms with E-state index in [4.69, 9.17) is 15.5 Å². The van der Waals surface area contributed by atoms with Gasteiger partial charge in [0.2, 0.25) is 5.91 Å². The first-order valence-corrected chi connectivity index (χ1v) is 8.16. The number of H-pyrrole nitrogens is 1. The van der Waals surface area contributed by atoms with Crippen LogP contribution < -0.4 is 10.6 Å². The van der Waals surface area contributed by atoms with Gasteiger partial charge < -0.3 is 20.4 Å². The maximum absolute atomic E-state index is 11.9. The third kappa shape index (κ3) is 2.72. The maximum atomic E-state index is 11.9. The Balaban J connectivity index is 1.86. The topological polar surface area (TPSA) is 97.1 Å². The minimum absolute atomic E-state index is 0.0540. The van der Waals surface area contributed by atoms with Gasteiger partial charge in [0.15, 0.2) is 5.82 Å². The van der Waals surface area contributed by atoms with Crippen molar-refractivity contribution in [3.63, 3.8) is 0 Å². The number of carbonyl (C=O) groups is 1. The number of fused-ring (bicyclic) bond motifs is 1. The van der Waals surface area contributed by atoms with E-state index < -0.39 is 6.04 Å². The molecule has 2 aromatic heterocycles. The Hall–Kier alpha value is -2.93. The molecular formula is C18H19N5O2. The largest absolute Gasteiger partial charge is 0.380 e. The number of anilines is 1. The molecule has 1 amide bonds. The number of ether oxygens (including phenoxy) is 1. The van der Waals surface area contributed by atoms with Gasteiger partial charge in [-0.25, -0.2) is 9.97 Å². The third-order valence-corrected chi connectivity index (χ3v) is 4.62. The quantitative estimate of drug-likeness (QED) is 0.755. The van der Waals surface area contributed by atoms with Crippen LogP contribution in [0.25, 0.3) is 22.4 Å². The molecule has 0 saturated carbocycles. The Kier molecular flexibility index (Phi) is 3.85. The summed E-state index contributed by atoms with van der Waals surface area (Å²) in [6.45, 7) is 0.565. The molecule has 128 valence electrons. The van der Waals surface area contributed by atoms with Crippen LogP contribution in [-0.4, -0.2) is 46.7 Å². The molecule has 3 heterocycles. The number of benzene rings is 1. The molecule has 2 atom stereocenters. The van der Waals surface area contributed by atoms with Crippen LogP contribution in [0.2, 0.25) is 0 Å². The summed E-state index contributed by atoms with van der Waals surface area (Å²) in [5, 5.41) is 0.864. The number of nitrogens with one attached hydrogen (secondary N) is 1. The summed E-state index contributed by atoms with van der Waals surface area (Å²) in [4.78, 5) is 26.4. The molecule has 0 aliphatic carbocycles. The summed E-state index contributed by atoms with van der Waals surface area (Å²) in [6, 6.07) is 11.2. The van der Waals surface area contributed by atoms with Gasteiger partial charge in [0.1, 0.15) is 17.5 Å². The molecule has 4 rings (SSSR count). The van der Waals surface area contributed by atoms with Crippen LogP contribution in [0.1, 0.15) is 6.42 Å². The first-order chi connectivity index (χ1) is 12.2. The number of primary amides is 1. The number of methoxy groups -OCH3 is 1.